The second-order valence-electron chi connectivity index (χ2n) is 5.09. The maximum Gasteiger partial charge on any atom is 0.421 e. The molecule has 1 aliphatic heterocycles. The molecular formula is C18H13Cl2NO3. The quantitative estimate of drug-likeness (QED) is 0.704. The number of amides is 2. The van der Waals surface area contributed by atoms with Gasteiger partial charge in [-0.25, -0.2) is 9.69 Å². The van der Waals surface area contributed by atoms with Crippen molar-refractivity contribution in [2.75, 3.05) is 11.5 Å². The SMILES string of the molecule is CCOC(=O)N1C(=O)C(=Cc2cccc(Cl)c2)c2c(Cl)cccc21. The topological polar surface area (TPSA) is 46.6 Å². The minimum absolute atomic E-state index is 0.172. The van der Waals surface area contributed by atoms with Gasteiger partial charge < -0.3 is 4.74 Å². The van der Waals surface area contributed by atoms with Crippen molar-refractivity contribution >= 4 is 52.5 Å². The Bertz CT molecular complexity index is 861. The van der Waals surface area contributed by atoms with Crippen molar-refractivity contribution in [2.24, 2.45) is 0 Å². The third-order valence-corrected chi connectivity index (χ3v) is 4.10. The number of imide groups is 1. The average molecular weight is 362 g/mol. The maximum absolute atomic E-state index is 12.8. The normalized spacial score (nSPS) is 14.9. The third-order valence-electron chi connectivity index (χ3n) is 3.55. The molecule has 0 aromatic heterocycles. The van der Waals surface area contributed by atoms with E-state index < -0.39 is 12.0 Å². The van der Waals surface area contributed by atoms with Gasteiger partial charge in [-0.15, -0.1) is 0 Å². The molecular weight excluding hydrogens is 349 g/mol. The Kier molecular flexibility index (Phi) is 4.60. The smallest absolute Gasteiger partial charge is 0.421 e. The van der Waals surface area contributed by atoms with E-state index >= 15 is 0 Å². The highest BCUT2D eigenvalue weighted by Crippen LogP contribution is 2.42. The number of rotatable bonds is 2. The van der Waals surface area contributed by atoms with Gasteiger partial charge in [-0.1, -0.05) is 41.4 Å². The molecule has 0 aliphatic carbocycles. The van der Waals surface area contributed by atoms with Crippen molar-refractivity contribution in [1.29, 1.82) is 0 Å². The van der Waals surface area contributed by atoms with Crippen LogP contribution in [0.4, 0.5) is 10.5 Å². The van der Waals surface area contributed by atoms with Crippen LogP contribution in [0.1, 0.15) is 18.1 Å². The molecule has 0 saturated carbocycles. The van der Waals surface area contributed by atoms with E-state index in [0.29, 0.717) is 26.9 Å². The summed E-state index contributed by atoms with van der Waals surface area (Å²) in [4.78, 5) is 26.0. The summed E-state index contributed by atoms with van der Waals surface area (Å²) in [6.45, 7) is 1.85. The predicted octanol–water partition coefficient (Wildman–Crippen LogP) is 5.04. The van der Waals surface area contributed by atoms with E-state index in [9.17, 15) is 9.59 Å². The van der Waals surface area contributed by atoms with Crippen LogP contribution in [0.2, 0.25) is 10.0 Å². The monoisotopic (exact) mass is 361 g/mol. The highest BCUT2D eigenvalue weighted by Gasteiger charge is 2.38. The number of anilines is 1. The Morgan fingerprint density at radius 2 is 1.96 bits per heavy atom. The van der Waals surface area contributed by atoms with E-state index in [4.69, 9.17) is 27.9 Å². The molecule has 0 spiro atoms. The summed E-state index contributed by atoms with van der Waals surface area (Å²) in [5.41, 5.74) is 1.99. The molecule has 6 heteroatoms. The van der Waals surface area contributed by atoms with Crippen LogP contribution in [0.5, 0.6) is 0 Å². The lowest BCUT2D eigenvalue weighted by atomic mass is 10.0. The number of carbonyl (C=O) groups excluding carboxylic acids is 2. The van der Waals surface area contributed by atoms with Gasteiger partial charge in [0.05, 0.1) is 22.9 Å². The molecule has 0 radical (unpaired) electrons. The van der Waals surface area contributed by atoms with Crippen LogP contribution < -0.4 is 4.90 Å². The van der Waals surface area contributed by atoms with Gasteiger partial charge in [-0.05, 0) is 42.8 Å². The molecule has 2 amide bonds. The van der Waals surface area contributed by atoms with Crippen molar-refractivity contribution in [3.63, 3.8) is 0 Å². The fraction of sp³-hybridized carbons (Fsp3) is 0.111. The molecule has 0 N–H and O–H groups in total. The third kappa shape index (κ3) is 2.90. The molecule has 4 nitrogen and oxygen atoms in total. The van der Waals surface area contributed by atoms with Gasteiger partial charge in [-0.3, -0.25) is 4.79 Å². The summed E-state index contributed by atoms with van der Waals surface area (Å²) in [7, 11) is 0. The lowest BCUT2D eigenvalue weighted by Gasteiger charge is -2.14. The highest BCUT2D eigenvalue weighted by molar-refractivity contribution is 6.45. The van der Waals surface area contributed by atoms with Gasteiger partial charge in [0.1, 0.15) is 0 Å². The van der Waals surface area contributed by atoms with Gasteiger partial charge in [0.2, 0.25) is 0 Å². The molecule has 0 fully saturated rings. The van der Waals surface area contributed by atoms with Gasteiger partial charge >= 0.3 is 6.09 Å². The minimum Gasteiger partial charge on any atom is -0.449 e. The van der Waals surface area contributed by atoms with Gasteiger partial charge in [0, 0.05) is 10.6 Å². The van der Waals surface area contributed by atoms with Crippen LogP contribution in [-0.4, -0.2) is 18.6 Å². The first kappa shape index (κ1) is 16.6. The van der Waals surface area contributed by atoms with Crippen molar-refractivity contribution in [3.05, 3.63) is 63.6 Å². The number of carbonyl (C=O) groups is 2. The van der Waals surface area contributed by atoms with Crippen molar-refractivity contribution in [1.82, 2.24) is 0 Å². The van der Waals surface area contributed by atoms with E-state index in [-0.39, 0.29) is 6.61 Å². The fourth-order valence-electron chi connectivity index (χ4n) is 2.57. The van der Waals surface area contributed by atoms with Crippen LogP contribution >= 0.6 is 23.2 Å². The summed E-state index contributed by atoms with van der Waals surface area (Å²) in [6, 6.07) is 12.1. The molecule has 3 rings (SSSR count). The summed E-state index contributed by atoms with van der Waals surface area (Å²) < 4.78 is 4.99. The van der Waals surface area contributed by atoms with Crippen LogP contribution in [0.3, 0.4) is 0 Å². The van der Waals surface area contributed by atoms with E-state index in [2.05, 4.69) is 0 Å². The minimum atomic E-state index is -0.722. The zero-order valence-electron chi connectivity index (χ0n) is 12.8. The molecule has 0 unspecified atom stereocenters. The number of hydrogen-bond donors (Lipinski definition) is 0. The van der Waals surface area contributed by atoms with Crippen LogP contribution in [0.25, 0.3) is 11.6 Å². The number of fused-ring (bicyclic) bond motifs is 1. The summed E-state index contributed by atoms with van der Waals surface area (Å²) in [6.07, 6.45) is 0.943. The molecule has 2 aromatic rings. The molecule has 0 atom stereocenters. The van der Waals surface area contributed by atoms with E-state index in [1.54, 1.807) is 49.4 Å². The van der Waals surface area contributed by atoms with E-state index in [0.717, 1.165) is 10.5 Å². The lowest BCUT2D eigenvalue weighted by Crippen LogP contribution is -2.33. The molecule has 1 aliphatic rings. The van der Waals surface area contributed by atoms with Gasteiger partial charge in [0.15, 0.2) is 0 Å². The van der Waals surface area contributed by atoms with Crippen molar-refractivity contribution < 1.29 is 14.3 Å². The number of hydrogen-bond acceptors (Lipinski definition) is 3. The molecule has 24 heavy (non-hydrogen) atoms. The summed E-state index contributed by atoms with van der Waals surface area (Å²) >= 11 is 12.3. The molecule has 1 heterocycles. The number of benzene rings is 2. The number of nitrogens with zero attached hydrogens (tertiary/aromatic N) is 1. The van der Waals surface area contributed by atoms with E-state index in [1.165, 1.54) is 0 Å². The predicted molar refractivity (Wildman–Crippen MR) is 95.3 cm³/mol. The van der Waals surface area contributed by atoms with Gasteiger partial charge in [-0.2, -0.15) is 0 Å². The van der Waals surface area contributed by atoms with Crippen LogP contribution in [0.15, 0.2) is 42.5 Å². The Balaban J connectivity index is 2.15. The average Bonchev–Trinajstić information content (AvgIpc) is 2.81. The standard InChI is InChI=1S/C18H13Cl2NO3/c1-2-24-18(23)21-15-8-4-7-14(20)16(15)13(17(21)22)10-11-5-3-6-12(19)9-11/h3-10H,2H2,1H3. The molecule has 0 saturated heterocycles. The Morgan fingerprint density at radius 3 is 2.67 bits per heavy atom. The second-order valence-corrected chi connectivity index (χ2v) is 5.93. The fourth-order valence-corrected chi connectivity index (χ4v) is 3.04. The van der Waals surface area contributed by atoms with Crippen LogP contribution in [0, 0.1) is 0 Å². The molecule has 0 bridgehead atoms. The largest absolute Gasteiger partial charge is 0.449 e. The Morgan fingerprint density at radius 1 is 1.21 bits per heavy atom. The van der Waals surface area contributed by atoms with Crippen molar-refractivity contribution in [3.8, 4) is 0 Å². The highest BCUT2D eigenvalue weighted by atomic mass is 35.5. The molecule has 2 aromatic carbocycles. The Labute approximate surface area is 149 Å². The first-order valence-electron chi connectivity index (χ1n) is 7.30. The number of halogens is 2. The van der Waals surface area contributed by atoms with Crippen LogP contribution in [-0.2, 0) is 9.53 Å². The lowest BCUT2D eigenvalue weighted by molar-refractivity contribution is -0.112. The first-order chi connectivity index (χ1) is 11.5. The second kappa shape index (κ2) is 6.67. The van der Waals surface area contributed by atoms with Gasteiger partial charge in [0.25, 0.3) is 5.91 Å². The Hall–Kier alpha value is -2.30. The maximum atomic E-state index is 12.8. The van der Waals surface area contributed by atoms with E-state index in [1.807, 2.05) is 6.07 Å². The number of ether oxygens (including phenoxy) is 1. The summed E-state index contributed by atoms with van der Waals surface area (Å²) in [5, 5.41) is 0.942. The first-order valence-corrected chi connectivity index (χ1v) is 8.06. The summed E-state index contributed by atoms with van der Waals surface area (Å²) in [5.74, 6) is -0.475. The molecule has 122 valence electrons. The zero-order valence-corrected chi connectivity index (χ0v) is 14.3. The zero-order chi connectivity index (χ0) is 17.3. The van der Waals surface area contributed by atoms with Crippen molar-refractivity contribution in [2.45, 2.75) is 6.92 Å².